The summed E-state index contributed by atoms with van der Waals surface area (Å²) in [5.41, 5.74) is 3.34. The van der Waals surface area contributed by atoms with Crippen LogP contribution in [0.4, 0.5) is 10.5 Å². The van der Waals surface area contributed by atoms with Crippen molar-refractivity contribution in [2.75, 3.05) is 31.6 Å². The molecule has 1 N–H and O–H groups in total. The molecule has 0 aliphatic carbocycles. The molecule has 1 fully saturated rings. The van der Waals surface area contributed by atoms with Crippen molar-refractivity contribution in [1.82, 2.24) is 10.2 Å². The zero-order valence-electron chi connectivity index (χ0n) is 23.7. The number of nitrogens with one attached hydrogen (secondary N) is 1. The van der Waals surface area contributed by atoms with Gasteiger partial charge in [0.2, 0.25) is 0 Å². The summed E-state index contributed by atoms with van der Waals surface area (Å²) in [6.07, 6.45) is 0.649. The quantitative estimate of drug-likeness (QED) is 0.458. The second kappa shape index (κ2) is 11.1. The van der Waals surface area contributed by atoms with Crippen LogP contribution in [0.25, 0.3) is 0 Å². The van der Waals surface area contributed by atoms with E-state index in [2.05, 4.69) is 5.32 Å². The van der Waals surface area contributed by atoms with Crippen LogP contribution in [0.5, 0.6) is 5.75 Å². The first-order chi connectivity index (χ1) is 19.6. The number of sulfonamides is 1. The number of methoxy groups -OCH3 is 2. The molecule has 3 aromatic carbocycles. The standard InChI is InChI=1S/C31H35N3O6S/c1-21-7-5-6-8-24(21)20-32-29(35)23-9-14-28-27(19-23)31(15-17-33(18-16-31)30(36)40-4)22(2)34(28)41(37,38)26-12-10-25(39-3)11-13-26/h5-14,19,22H,15-18,20H2,1-4H3,(H,32,35). The Morgan fingerprint density at radius 2 is 1.68 bits per heavy atom. The first kappa shape index (κ1) is 28.5. The summed E-state index contributed by atoms with van der Waals surface area (Å²) in [7, 11) is -1.07. The highest BCUT2D eigenvalue weighted by molar-refractivity contribution is 7.92. The van der Waals surface area contributed by atoms with Gasteiger partial charge in [-0.2, -0.15) is 0 Å². The second-order valence-corrected chi connectivity index (χ2v) is 12.4. The number of piperidine rings is 1. The summed E-state index contributed by atoms with van der Waals surface area (Å²) in [6.45, 7) is 5.12. The van der Waals surface area contributed by atoms with Crippen molar-refractivity contribution < 1.29 is 27.5 Å². The van der Waals surface area contributed by atoms with Gasteiger partial charge in [-0.1, -0.05) is 24.3 Å². The van der Waals surface area contributed by atoms with E-state index in [1.807, 2.05) is 44.2 Å². The molecule has 0 aromatic heterocycles. The van der Waals surface area contributed by atoms with Crippen molar-refractivity contribution in [2.45, 2.75) is 49.6 Å². The fraction of sp³-hybridized carbons (Fsp3) is 0.355. The van der Waals surface area contributed by atoms with Gasteiger partial charge < -0.3 is 19.7 Å². The molecule has 0 bridgehead atoms. The maximum Gasteiger partial charge on any atom is 0.409 e. The minimum Gasteiger partial charge on any atom is -0.497 e. The molecule has 1 unspecified atom stereocenters. The highest BCUT2D eigenvalue weighted by atomic mass is 32.2. The van der Waals surface area contributed by atoms with Gasteiger partial charge in [0, 0.05) is 30.6 Å². The lowest BCUT2D eigenvalue weighted by Crippen LogP contribution is -2.52. The third kappa shape index (κ3) is 5.01. The van der Waals surface area contributed by atoms with E-state index in [-0.39, 0.29) is 10.8 Å². The lowest BCUT2D eigenvalue weighted by Gasteiger charge is -2.43. The topological polar surface area (TPSA) is 105 Å². The third-order valence-electron chi connectivity index (χ3n) is 8.59. The zero-order valence-corrected chi connectivity index (χ0v) is 24.5. The van der Waals surface area contributed by atoms with Crippen LogP contribution in [0.2, 0.25) is 0 Å². The third-order valence-corrected chi connectivity index (χ3v) is 10.5. The number of amides is 2. The molecule has 9 nitrogen and oxygen atoms in total. The number of fused-ring (bicyclic) bond motifs is 2. The normalized spacial score (nSPS) is 17.7. The van der Waals surface area contributed by atoms with Crippen molar-refractivity contribution in [3.8, 4) is 5.75 Å². The number of likely N-dealkylation sites (tertiary alicyclic amines) is 1. The fourth-order valence-electron chi connectivity index (χ4n) is 6.12. The monoisotopic (exact) mass is 577 g/mol. The van der Waals surface area contributed by atoms with Crippen LogP contribution >= 0.6 is 0 Å². The molecular formula is C31H35N3O6S. The molecule has 3 aromatic rings. The first-order valence-electron chi connectivity index (χ1n) is 13.6. The van der Waals surface area contributed by atoms with Crippen LogP contribution < -0.4 is 14.4 Å². The molecule has 2 aliphatic heterocycles. The van der Waals surface area contributed by atoms with E-state index in [1.165, 1.54) is 18.5 Å². The predicted octanol–water partition coefficient (Wildman–Crippen LogP) is 4.63. The summed E-state index contributed by atoms with van der Waals surface area (Å²) < 4.78 is 39.8. The number of carbonyl (C=O) groups is 2. The minimum absolute atomic E-state index is 0.153. The number of benzene rings is 3. The van der Waals surface area contributed by atoms with Crippen molar-refractivity contribution in [3.05, 3.63) is 89.0 Å². The maximum atomic E-state index is 14.1. The summed E-state index contributed by atoms with van der Waals surface area (Å²) in [5.74, 6) is 0.328. The number of nitrogens with zero attached hydrogens (tertiary/aromatic N) is 2. The Morgan fingerprint density at radius 1 is 1.00 bits per heavy atom. The second-order valence-electron chi connectivity index (χ2n) is 10.6. The van der Waals surface area contributed by atoms with Gasteiger partial charge in [-0.05, 0) is 85.8 Å². The summed E-state index contributed by atoms with van der Waals surface area (Å²) in [4.78, 5) is 27.3. The average Bonchev–Trinajstić information content (AvgIpc) is 3.23. The van der Waals surface area contributed by atoms with Crippen LogP contribution in [0.3, 0.4) is 0 Å². The van der Waals surface area contributed by atoms with Crippen LogP contribution in [0, 0.1) is 6.92 Å². The number of aryl methyl sites for hydroxylation is 1. The maximum absolute atomic E-state index is 14.1. The molecule has 2 heterocycles. The van der Waals surface area contributed by atoms with Crippen LogP contribution in [-0.4, -0.2) is 58.7 Å². The van der Waals surface area contributed by atoms with Gasteiger partial charge in [-0.3, -0.25) is 9.10 Å². The Bertz CT molecular complexity index is 1560. The van der Waals surface area contributed by atoms with Gasteiger partial charge in [0.05, 0.1) is 30.8 Å². The molecular weight excluding hydrogens is 542 g/mol. The molecule has 10 heteroatoms. The molecule has 1 saturated heterocycles. The van der Waals surface area contributed by atoms with Crippen molar-refractivity contribution in [2.24, 2.45) is 0 Å². The smallest absolute Gasteiger partial charge is 0.409 e. The largest absolute Gasteiger partial charge is 0.497 e. The molecule has 5 rings (SSSR count). The Hall–Kier alpha value is -4.05. The number of rotatable bonds is 6. The van der Waals surface area contributed by atoms with Crippen molar-refractivity contribution >= 4 is 27.7 Å². The van der Waals surface area contributed by atoms with E-state index in [0.29, 0.717) is 49.5 Å². The number of ether oxygens (including phenoxy) is 2. The van der Waals surface area contributed by atoms with Crippen LogP contribution in [0.15, 0.2) is 71.6 Å². The van der Waals surface area contributed by atoms with Gasteiger partial charge in [0.25, 0.3) is 15.9 Å². The Morgan fingerprint density at radius 3 is 2.32 bits per heavy atom. The van der Waals surface area contributed by atoms with Crippen molar-refractivity contribution in [1.29, 1.82) is 0 Å². The number of hydrogen-bond donors (Lipinski definition) is 1. The van der Waals surface area contributed by atoms with E-state index in [0.717, 1.165) is 16.7 Å². The number of anilines is 1. The van der Waals surface area contributed by atoms with E-state index < -0.39 is 27.6 Å². The minimum atomic E-state index is -3.95. The molecule has 0 radical (unpaired) electrons. The fourth-order valence-corrected chi connectivity index (χ4v) is 7.86. The van der Waals surface area contributed by atoms with E-state index >= 15 is 0 Å². The summed E-state index contributed by atoms with van der Waals surface area (Å²) in [6, 6.07) is 19.0. The number of hydrogen-bond acceptors (Lipinski definition) is 6. The summed E-state index contributed by atoms with van der Waals surface area (Å²) in [5, 5.41) is 3.01. The molecule has 41 heavy (non-hydrogen) atoms. The van der Waals surface area contributed by atoms with Crippen LogP contribution in [-0.2, 0) is 26.7 Å². The Labute approximate surface area is 241 Å². The first-order valence-corrected chi connectivity index (χ1v) is 15.0. The lowest BCUT2D eigenvalue weighted by atomic mass is 9.70. The molecule has 0 saturated carbocycles. The van der Waals surface area contributed by atoms with E-state index in [9.17, 15) is 18.0 Å². The zero-order chi connectivity index (χ0) is 29.4. The predicted molar refractivity (Wildman–Crippen MR) is 156 cm³/mol. The molecule has 1 atom stereocenters. The molecule has 1 spiro atoms. The van der Waals surface area contributed by atoms with Crippen LogP contribution in [0.1, 0.15) is 46.8 Å². The molecule has 216 valence electrons. The van der Waals surface area contributed by atoms with Crippen molar-refractivity contribution in [3.63, 3.8) is 0 Å². The molecule has 2 aliphatic rings. The summed E-state index contributed by atoms with van der Waals surface area (Å²) >= 11 is 0. The average molecular weight is 578 g/mol. The Balaban J connectivity index is 1.52. The van der Waals surface area contributed by atoms with Gasteiger partial charge in [0.1, 0.15) is 5.75 Å². The van der Waals surface area contributed by atoms with Gasteiger partial charge in [0.15, 0.2) is 0 Å². The highest BCUT2D eigenvalue weighted by Gasteiger charge is 2.54. The highest BCUT2D eigenvalue weighted by Crippen LogP contribution is 2.53. The van der Waals surface area contributed by atoms with E-state index in [1.54, 1.807) is 41.3 Å². The SMILES string of the molecule is COC(=O)N1CCC2(CC1)c1cc(C(=O)NCc3ccccc3C)ccc1N(S(=O)(=O)c1ccc(OC)cc1)C2C. The van der Waals surface area contributed by atoms with Gasteiger partial charge in [-0.25, -0.2) is 13.2 Å². The van der Waals surface area contributed by atoms with Gasteiger partial charge in [-0.15, -0.1) is 0 Å². The lowest BCUT2D eigenvalue weighted by molar-refractivity contribution is 0.0950. The Kier molecular flexibility index (Phi) is 7.70. The molecule has 2 amide bonds. The number of carbonyl (C=O) groups excluding carboxylic acids is 2. The van der Waals surface area contributed by atoms with E-state index in [4.69, 9.17) is 9.47 Å². The van der Waals surface area contributed by atoms with Gasteiger partial charge >= 0.3 is 6.09 Å².